The summed E-state index contributed by atoms with van der Waals surface area (Å²) in [5.74, 6) is 0.566. The molecule has 16 heavy (non-hydrogen) atoms. The van der Waals surface area contributed by atoms with Gasteiger partial charge in [0.1, 0.15) is 11.6 Å². The number of rotatable bonds is 3. The predicted molar refractivity (Wildman–Crippen MR) is 60.5 cm³/mol. The third kappa shape index (κ3) is 2.31. The third-order valence-electron chi connectivity index (χ3n) is 2.61. The lowest BCUT2D eigenvalue weighted by Crippen LogP contribution is -2.13. The summed E-state index contributed by atoms with van der Waals surface area (Å²) in [6.45, 7) is 1.96. The molecule has 0 aliphatic heterocycles. The Bertz CT molecular complexity index is 461. The molecule has 1 heterocycles. The first kappa shape index (κ1) is 10.9. The van der Waals surface area contributed by atoms with Crippen LogP contribution >= 0.6 is 0 Å². The molecule has 1 atom stereocenters. The van der Waals surface area contributed by atoms with Gasteiger partial charge in [-0.25, -0.2) is 4.39 Å². The van der Waals surface area contributed by atoms with Crippen molar-refractivity contribution in [2.24, 2.45) is 5.73 Å². The van der Waals surface area contributed by atoms with E-state index in [1.807, 2.05) is 13.0 Å². The molecule has 2 nitrogen and oxygen atoms in total. The highest BCUT2D eigenvalue weighted by atomic mass is 19.1. The molecule has 0 aliphatic rings. The quantitative estimate of drug-likeness (QED) is 0.861. The Kier molecular flexibility index (Phi) is 3.06. The van der Waals surface area contributed by atoms with Crippen molar-refractivity contribution in [1.29, 1.82) is 0 Å². The van der Waals surface area contributed by atoms with Crippen LogP contribution in [-0.4, -0.2) is 0 Å². The van der Waals surface area contributed by atoms with Crippen LogP contribution < -0.4 is 5.73 Å². The van der Waals surface area contributed by atoms with Gasteiger partial charge in [0.25, 0.3) is 0 Å². The van der Waals surface area contributed by atoms with Crippen molar-refractivity contribution in [3.05, 3.63) is 59.3 Å². The molecule has 0 bridgehead atoms. The maximum atomic E-state index is 12.7. The van der Waals surface area contributed by atoms with Crippen LogP contribution in [0.3, 0.4) is 0 Å². The van der Waals surface area contributed by atoms with E-state index in [1.54, 1.807) is 18.4 Å². The molecule has 2 aromatic rings. The number of nitrogens with two attached hydrogens (primary N) is 1. The van der Waals surface area contributed by atoms with E-state index in [1.165, 1.54) is 12.1 Å². The van der Waals surface area contributed by atoms with E-state index < -0.39 is 0 Å². The molecule has 0 saturated carbocycles. The molecule has 1 aromatic heterocycles. The van der Waals surface area contributed by atoms with Gasteiger partial charge in [0.05, 0.1) is 12.3 Å². The molecule has 3 heteroatoms. The molecular formula is C13H14FNO. The summed E-state index contributed by atoms with van der Waals surface area (Å²) >= 11 is 0. The second kappa shape index (κ2) is 4.49. The molecule has 1 aromatic carbocycles. The standard InChI is InChI=1S/C13H14FNO/c1-9-6-7-16-13(9)12(15)8-10-2-4-11(14)5-3-10/h2-7,12H,8,15H2,1H3. The summed E-state index contributed by atoms with van der Waals surface area (Å²) in [5.41, 5.74) is 8.08. The van der Waals surface area contributed by atoms with Crippen molar-refractivity contribution in [3.8, 4) is 0 Å². The van der Waals surface area contributed by atoms with Gasteiger partial charge >= 0.3 is 0 Å². The average molecular weight is 219 g/mol. The fourth-order valence-corrected chi connectivity index (χ4v) is 1.73. The number of hydrogen-bond acceptors (Lipinski definition) is 2. The topological polar surface area (TPSA) is 39.2 Å². The zero-order valence-electron chi connectivity index (χ0n) is 9.11. The van der Waals surface area contributed by atoms with Gasteiger partial charge in [0, 0.05) is 0 Å². The summed E-state index contributed by atoms with van der Waals surface area (Å²) in [6, 6.07) is 8.08. The second-order valence-electron chi connectivity index (χ2n) is 3.90. The maximum Gasteiger partial charge on any atom is 0.123 e. The van der Waals surface area contributed by atoms with Crippen LogP contribution in [0.2, 0.25) is 0 Å². The Labute approximate surface area is 93.9 Å². The van der Waals surface area contributed by atoms with E-state index in [2.05, 4.69) is 0 Å². The molecule has 84 valence electrons. The van der Waals surface area contributed by atoms with Crippen LogP contribution in [0.4, 0.5) is 4.39 Å². The second-order valence-corrected chi connectivity index (χ2v) is 3.90. The van der Waals surface area contributed by atoms with Crippen molar-refractivity contribution in [2.75, 3.05) is 0 Å². The van der Waals surface area contributed by atoms with Gasteiger partial charge in [0.15, 0.2) is 0 Å². The first-order valence-corrected chi connectivity index (χ1v) is 5.21. The number of hydrogen-bond donors (Lipinski definition) is 1. The van der Waals surface area contributed by atoms with E-state index in [0.717, 1.165) is 16.9 Å². The summed E-state index contributed by atoms with van der Waals surface area (Å²) in [7, 11) is 0. The molecule has 1 unspecified atom stereocenters. The van der Waals surface area contributed by atoms with E-state index in [0.29, 0.717) is 6.42 Å². The molecular weight excluding hydrogens is 205 g/mol. The Morgan fingerprint density at radius 3 is 2.50 bits per heavy atom. The number of benzene rings is 1. The minimum atomic E-state index is -0.230. The van der Waals surface area contributed by atoms with E-state index >= 15 is 0 Å². The lowest BCUT2D eigenvalue weighted by atomic mass is 10.0. The minimum Gasteiger partial charge on any atom is -0.467 e. The summed E-state index contributed by atoms with van der Waals surface area (Å²) in [6.07, 6.45) is 2.28. The van der Waals surface area contributed by atoms with Gasteiger partial charge in [-0.15, -0.1) is 0 Å². The minimum absolute atomic E-state index is 0.180. The highest BCUT2D eigenvalue weighted by Crippen LogP contribution is 2.20. The van der Waals surface area contributed by atoms with Crippen molar-refractivity contribution in [2.45, 2.75) is 19.4 Å². The van der Waals surface area contributed by atoms with Gasteiger partial charge < -0.3 is 10.2 Å². The Morgan fingerprint density at radius 2 is 1.94 bits per heavy atom. The highest BCUT2D eigenvalue weighted by Gasteiger charge is 2.12. The average Bonchev–Trinajstić information content (AvgIpc) is 2.68. The summed E-state index contributed by atoms with van der Waals surface area (Å²) < 4.78 is 18.0. The SMILES string of the molecule is Cc1ccoc1C(N)Cc1ccc(F)cc1. The number of aryl methyl sites for hydroxylation is 1. The zero-order valence-corrected chi connectivity index (χ0v) is 9.11. The summed E-state index contributed by atoms with van der Waals surface area (Å²) in [5, 5.41) is 0. The summed E-state index contributed by atoms with van der Waals surface area (Å²) in [4.78, 5) is 0. The molecule has 0 amide bonds. The van der Waals surface area contributed by atoms with E-state index in [-0.39, 0.29) is 11.9 Å². The third-order valence-corrected chi connectivity index (χ3v) is 2.61. The molecule has 2 rings (SSSR count). The molecule has 0 radical (unpaired) electrons. The monoisotopic (exact) mass is 219 g/mol. The van der Waals surface area contributed by atoms with Gasteiger partial charge in [0.2, 0.25) is 0 Å². The lowest BCUT2D eigenvalue weighted by molar-refractivity contribution is 0.461. The predicted octanol–water partition coefficient (Wildman–Crippen LogP) is 2.97. The normalized spacial score (nSPS) is 12.7. The van der Waals surface area contributed by atoms with Crippen molar-refractivity contribution < 1.29 is 8.81 Å². The number of halogens is 1. The van der Waals surface area contributed by atoms with E-state index in [4.69, 9.17) is 10.2 Å². The molecule has 0 spiro atoms. The van der Waals surface area contributed by atoms with Gasteiger partial charge in [-0.3, -0.25) is 0 Å². The van der Waals surface area contributed by atoms with Crippen LogP contribution in [0, 0.1) is 12.7 Å². The number of furan rings is 1. The molecule has 0 saturated heterocycles. The largest absolute Gasteiger partial charge is 0.467 e. The van der Waals surface area contributed by atoms with E-state index in [9.17, 15) is 4.39 Å². The molecule has 0 fully saturated rings. The van der Waals surface area contributed by atoms with Gasteiger partial charge in [-0.2, -0.15) is 0 Å². The smallest absolute Gasteiger partial charge is 0.123 e. The Morgan fingerprint density at radius 1 is 1.25 bits per heavy atom. The Balaban J connectivity index is 2.10. The van der Waals surface area contributed by atoms with Gasteiger partial charge in [-0.05, 0) is 42.7 Å². The fourth-order valence-electron chi connectivity index (χ4n) is 1.73. The maximum absolute atomic E-state index is 12.7. The van der Waals surface area contributed by atoms with Crippen molar-refractivity contribution in [3.63, 3.8) is 0 Å². The van der Waals surface area contributed by atoms with Crippen LogP contribution in [0.1, 0.15) is 22.9 Å². The van der Waals surface area contributed by atoms with Crippen LogP contribution in [0.15, 0.2) is 41.0 Å². The van der Waals surface area contributed by atoms with Crippen LogP contribution in [0.5, 0.6) is 0 Å². The zero-order chi connectivity index (χ0) is 11.5. The molecule has 0 aliphatic carbocycles. The highest BCUT2D eigenvalue weighted by molar-refractivity contribution is 5.22. The van der Waals surface area contributed by atoms with Crippen LogP contribution in [0.25, 0.3) is 0 Å². The lowest BCUT2D eigenvalue weighted by Gasteiger charge is -2.10. The molecule has 2 N–H and O–H groups in total. The van der Waals surface area contributed by atoms with Crippen molar-refractivity contribution >= 4 is 0 Å². The van der Waals surface area contributed by atoms with Crippen molar-refractivity contribution in [1.82, 2.24) is 0 Å². The van der Waals surface area contributed by atoms with Crippen LogP contribution in [-0.2, 0) is 6.42 Å². The first-order chi connectivity index (χ1) is 7.66. The Hall–Kier alpha value is -1.61. The fraction of sp³-hybridized carbons (Fsp3) is 0.231. The van der Waals surface area contributed by atoms with Gasteiger partial charge in [-0.1, -0.05) is 12.1 Å². The first-order valence-electron chi connectivity index (χ1n) is 5.21.